The first-order chi connectivity index (χ1) is 10.7. The molecule has 23 heavy (non-hydrogen) atoms. The van der Waals surface area contributed by atoms with E-state index in [1.54, 1.807) is 6.20 Å². The standard InChI is InChI=1S/C16H21N5O.HI/c1-21-14(7-9-19-21)15-12(8-10-22-15)11-18-16(17)20-13-5-3-2-4-6-13;/h2-7,9,12,15H,8,10-11H2,1H3,(H3,17,18,20);1H/t12-,15+;/m0./s1. The van der Waals surface area contributed by atoms with Crippen LogP contribution in [-0.2, 0) is 11.8 Å². The van der Waals surface area contributed by atoms with Gasteiger partial charge in [0, 0.05) is 38.0 Å². The lowest BCUT2D eigenvalue weighted by molar-refractivity contribution is 0.0859. The molecule has 2 atom stereocenters. The van der Waals surface area contributed by atoms with Crippen molar-refractivity contribution in [1.82, 2.24) is 9.78 Å². The maximum Gasteiger partial charge on any atom is 0.193 e. The maximum absolute atomic E-state index is 5.96. The number of aliphatic imine (C=N–C) groups is 1. The smallest absolute Gasteiger partial charge is 0.193 e. The third-order valence-electron chi connectivity index (χ3n) is 3.91. The summed E-state index contributed by atoms with van der Waals surface area (Å²) in [5, 5.41) is 7.31. The van der Waals surface area contributed by atoms with Crippen LogP contribution < -0.4 is 11.1 Å². The fourth-order valence-electron chi connectivity index (χ4n) is 2.74. The number of nitrogens with one attached hydrogen (secondary N) is 1. The first kappa shape index (κ1) is 17.7. The number of guanidine groups is 1. The van der Waals surface area contributed by atoms with Crippen molar-refractivity contribution in [2.45, 2.75) is 12.5 Å². The maximum atomic E-state index is 5.96. The predicted octanol–water partition coefficient (Wildman–Crippen LogP) is 2.54. The third kappa shape index (κ3) is 4.44. The van der Waals surface area contributed by atoms with Gasteiger partial charge < -0.3 is 15.8 Å². The lowest BCUT2D eigenvalue weighted by atomic mass is 9.99. The number of para-hydroxylation sites is 1. The zero-order valence-electron chi connectivity index (χ0n) is 13.1. The van der Waals surface area contributed by atoms with Gasteiger partial charge in [-0.15, -0.1) is 24.0 Å². The summed E-state index contributed by atoms with van der Waals surface area (Å²) in [7, 11) is 1.93. The summed E-state index contributed by atoms with van der Waals surface area (Å²) in [4.78, 5) is 4.46. The van der Waals surface area contributed by atoms with Crippen LogP contribution in [0.2, 0.25) is 0 Å². The summed E-state index contributed by atoms with van der Waals surface area (Å²) in [6.07, 6.45) is 2.82. The van der Waals surface area contributed by atoms with Crippen LogP contribution in [0.4, 0.5) is 5.69 Å². The fourth-order valence-corrected chi connectivity index (χ4v) is 2.74. The van der Waals surface area contributed by atoms with Crippen molar-refractivity contribution in [2.24, 2.45) is 23.7 Å². The topological polar surface area (TPSA) is 77.5 Å². The van der Waals surface area contributed by atoms with Crippen LogP contribution in [0.5, 0.6) is 0 Å². The van der Waals surface area contributed by atoms with E-state index in [4.69, 9.17) is 10.5 Å². The van der Waals surface area contributed by atoms with Gasteiger partial charge in [0.05, 0.1) is 5.69 Å². The van der Waals surface area contributed by atoms with E-state index in [0.717, 1.165) is 24.4 Å². The minimum atomic E-state index is 0. The Balaban J connectivity index is 0.00000192. The molecule has 0 amide bonds. The monoisotopic (exact) mass is 427 g/mol. The molecule has 3 N–H and O–H groups in total. The van der Waals surface area contributed by atoms with Gasteiger partial charge in [0.2, 0.25) is 0 Å². The van der Waals surface area contributed by atoms with Gasteiger partial charge in [0.25, 0.3) is 0 Å². The molecule has 1 saturated heterocycles. The van der Waals surface area contributed by atoms with Crippen molar-refractivity contribution < 1.29 is 4.74 Å². The molecule has 124 valence electrons. The highest BCUT2D eigenvalue weighted by molar-refractivity contribution is 14.0. The number of nitrogens with zero attached hydrogens (tertiary/aromatic N) is 3. The van der Waals surface area contributed by atoms with E-state index in [1.807, 2.05) is 48.1 Å². The first-order valence-electron chi connectivity index (χ1n) is 7.45. The summed E-state index contributed by atoms with van der Waals surface area (Å²) in [6, 6.07) is 11.8. The molecule has 1 aliphatic heterocycles. The molecule has 2 aromatic rings. The molecule has 0 radical (unpaired) electrons. The lowest BCUT2D eigenvalue weighted by Gasteiger charge is -2.17. The first-order valence-corrected chi connectivity index (χ1v) is 7.45. The van der Waals surface area contributed by atoms with Crippen LogP contribution in [0, 0.1) is 5.92 Å². The van der Waals surface area contributed by atoms with Crippen LogP contribution >= 0.6 is 24.0 Å². The molecule has 0 spiro atoms. The second kappa shape index (κ2) is 8.30. The molecule has 3 rings (SSSR count). The molecule has 0 unspecified atom stereocenters. The molecule has 6 nitrogen and oxygen atoms in total. The highest BCUT2D eigenvalue weighted by Gasteiger charge is 2.31. The van der Waals surface area contributed by atoms with Gasteiger partial charge in [0.1, 0.15) is 6.10 Å². The Labute approximate surface area is 153 Å². The van der Waals surface area contributed by atoms with Crippen molar-refractivity contribution in [1.29, 1.82) is 0 Å². The van der Waals surface area contributed by atoms with Gasteiger partial charge in [-0.25, -0.2) is 0 Å². The molecule has 1 aromatic carbocycles. The van der Waals surface area contributed by atoms with E-state index in [1.165, 1.54) is 0 Å². The predicted molar refractivity (Wildman–Crippen MR) is 102 cm³/mol. The van der Waals surface area contributed by atoms with Gasteiger partial charge in [-0.3, -0.25) is 9.67 Å². The molecule has 1 aromatic heterocycles. The van der Waals surface area contributed by atoms with Crippen LogP contribution in [-0.4, -0.2) is 28.9 Å². The summed E-state index contributed by atoms with van der Waals surface area (Å²) < 4.78 is 7.71. The molecule has 1 fully saturated rings. The second-order valence-corrected chi connectivity index (χ2v) is 5.44. The van der Waals surface area contributed by atoms with Crippen LogP contribution in [0.15, 0.2) is 47.6 Å². The SMILES string of the molecule is Cn1nccc1[C@@H]1OCC[C@H]1CN=C(N)Nc1ccccc1.I. The highest BCUT2D eigenvalue weighted by Crippen LogP contribution is 2.34. The Morgan fingerprint density at radius 3 is 2.87 bits per heavy atom. The zero-order valence-corrected chi connectivity index (χ0v) is 15.4. The largest absolute Gasteiger partial charge is 0.372 e. The van der Waals surface area contributed by atoms with Gasteiger partial charge in [-0.1, -0.05) is 18.2 Å². The number of ether oxygens (including phenoxy) is 1. The normalized spacial score (nSPS) is 21.0. The molecule has 1 aliphatic rings. The average Bonchev–Trinajstić information content (AvgIpc) is 3.14. The summed E-state index contributed by atoms with van der Waals surface area (Å²) in [6.45, 7) is 1.39. The Morgan fingerprint density at radius 1 is 1.39 bits per heavy atom. The number of benzene rings is 1. The summed E-state index contributed by atoms with van der Waals surface area (Å²) in [5.41, 5.74) is 7.99. The van der Waals surface area contributed by atoms with Crippen LogP contribution in [0.25, 0.3) is 0 Å². The number of hydrogen-bond acceptors (Lipinski definition) is 3. The minimum Gasteiger partial charge on any atom is -0.372 e. The zero-order chi connectivity index (χ0) is 15.4. The van der Waals surface area contributed by atoms with Crippen LogP contribution in [0.1, 0.15) is 18.2 Å². The molecule has 0 aliphatic carbocycles. The van der Waals surface area contributed by atoms with E-state index in [0.29, 0.717) is 18.4 Å². The average molecular weight is 427 g/mol. The number of hydrogen-bond donors (Lipinski definition) is 2. The third-order valence-corrected chi connectivity index (χ3v) is 3.91. The molecule has 7 heteroatoms. The minimum absolute atomic E-state index is 0. The van der Waals surface area contributed by atoms with Crippen molar-refractivity contribution in [2.75, 3.05) is 18.5 Å². The fraction of sp³-hybridized carbons (Fsp3) is 0.375. The lowest BCUT2D eigenvalue weighted by Crippen LogP contribution is -2.24. The van der Waals surface area contributed by atoms with Crippen molar-refractivity contribution in [3.05, 3.63) is 48.3 Å². The number of rotatable bonds is 4. The molecular formula is C16H22IN5O. The summed E-state index contributed by atoms with van der Waals surface area (Å²) in [5.74, 6) is 0.758. The van der Waals surface area contributed by atoms with E-state index < -0.39 is 0 Å². The molecule has 0 bridgehead atoms. The highest BCUT2D eigenvalue weighted by atomic mass is 127. The van der Waals surface area contributed by atoms with Crippen molar-refractivity contribution in [3.63, 3.8) is 0 Å². The Bertz CT molecular complexity index is 643. The Hall–Kier alpha value is -1.61. The second-order valence-electron chi connectivity index (χ2n) is 5.44. The van der Waals surface area contributed by atoms with Gasteiger partial charge >= 0.3 is 0 Å². The Morgan fingerprint density at radius 2 is 2.17 bits per heavy atom. The Kier molecular flexibility index (Phi) is 6.40. The van der Waals surface area contributed by atoms with E-state index in [-0.39, 0.29) is 30.1 Å². The summed E-state index contributed by atoms with van der Waals surface area (Å²) >= 11 is 0. The number of aromatic nitrogens is 2. The van der Waals surface area contributed by atoms with Crippen molar-refractivity contribution >= 4 is 35.6 Å². The van der Waals surface area contributed by atoms with E-state index in [2.05, 4.69) is 15.4 Å². The number of anilines is 1. The van der Waals surface area contributed by atoms with E-state index in [9.17, 15) is 0 Å². The van der Waals surface area contributed by atoms with E-state index >= 15 is 0 Å². The van der Waals surface area contributed by atoms with Gasteiger partial charge in [-0.2, -0.15) is 5.10 Å². The number of aryl methyl sites for hydroxylation is 1. The van der Waals surface area contributed by atoms with Crippen molar-refractivity contribution in [3.8, 4) is 0 Å². The number of nitrogens with two attached hydrogens (primary N) is 1. The quantitative estimate of drug-likeness (QED) is 0.447. The van der Waals surface area contributed by atoms with Gasteiger partial charge in [-0.05, 0) is 24.6 Å². The number of halogens is 1. The van der Waals surface area contributed by atoms with Crippen LogP contribution in [0.3, 0.4) is 0 Å². The molecule has 0 saturated carbocycles. The molecular weight excluding hydrogens is 405 g/mol. The molecule has 2 heterocycles. The van der Waals surface area contributed by atoms with Gasteiger partial charge in [0.15, 0.2) is 5.96 Å².